The molecule has 2 heterocycles. The predicted molar refractivity (Wildman–Crippen MR) is 92.5 cm³/mol. The molecule has 7 heteroatoms. The first kappa shape index (κ1) is 16.3. The first-order chi connectivity index (χ1) is 11.6. The van der Waals surface area contributed by atoms with Gasteiger partial charge in [0.15, 0.2) is 11.0 Å². The van der Waals surface area contributed by atoms with Crippen molar-refractivity contribution in [2.75, 3.05) is 5.75 Å². The summed E-state index contributed by atoms with van der Waals surface area (Å²) in [6.45, 7) is 2.57. The number of nitrogens with zero attached hydrogens (tertiary/aromatic N) is 3. The Morgan fingerprint density at radius 2 is 2.17 bits per heavy atom. The maximum atomic E-state index is 10.9. The van der Waals surface area contributed by atoms with Gasteiger partial charge in [0, 0.05) is 17.7 Å². The number of aryl methyl sites for hydroxylation is 1. The molecule has 0 unspecified atom stereocenters. The smallest absolute Gasteiger partial charge is 0.218 e. The predicted octanol–water partition coefficient (Wildman–Crippen LogP) is 2.86. The molecule has 2 aromatic heterocycles. The summed E-state index contributed by atoms with van der Waals surface area (Å²) in [5.41, 5.74) is 7.36. The monoisotopic (exact) mass is 342 g/mol. The average Bonchev–Trinajstić information content (AvgIpc) is 3.18. The second-order valence-corrected chi connectivity index (χ2v) is 6.47. The highest BCUT2D eigenvalue weighted by Crippen LogP contribution is 2.26. The van der Waals surface area contributed by atoms with Gasteiger partial charge in [-0.2, -0.15) is 0 Å². The molecule has 6 nitrogen and oxygen atoms in total. The highest BCUT2D eigenvalue weighted by atomic mass is 32.2. The van der Waals surface area contributed by atoms with Gasteiger partial charge in [-0.05, 0) is 25.1 Å². The van der Waals surface area contributed by atoms with E-state index in [0.29, 0.717) is 18.7 Å². The summed E-state index contributed by atoms with van der Waals surface area (Å²) < 4.78 is 7.46. The average molecular weight is 342 g/mol. The van der Waals surface area contributed by atoms with Crippen LogP contribution in [0.5, 0.6) is 0 Å². The molecule has 0 spiro atoms. The van der Waals surface area contributed by atoms with Crippen LogP contribution in [0, 0.1) is 6.92 Å². The van der Waals surface area contributed by atoms with Gasteiger partial charge in [0.2, 0.25) is 5.91 Å². The van der Waals surface area contributed by atoms with Crippen LogP contribution in [0.2, 0.25) is 0 Å². The molecule has 0 atom stereocenters. The minimum atomic E-state index is -0.321. The number of nitrogens with two attached hydrogens (primary N) is 1. The first-order valence-electron chi connectivity index (χ1n) is 7.57. The van der Waals surface area contributed by atoms with E-state index < -0.39 is 0 Å². The Hall–Kier alpha value is -2.54. The number of carbonyl (C=O) groups excluding carboxylic acids is 1. The van der Waals surface area contributed by atoms with Crippen LogP contribution in [-0.4, -0.2) is 26.4 Å². The van der Waals surface area contributed by atoms with Crippen molar-refractivity contribution < 1.29 is 9.21 Å². The fourth-order valence-electron chi connectivity index (χ4n) is 2.34. The normalized spacial score (nSPS) is 10.9. The number of aromatic nitrogens is 3. The van der Waals surface area contributed by atoms with E-state index in [1.165, 1.54) is 11.8 Å². The highest BCUT2D eigenvalue weighted by Gasteiger charge is 2.16. The fraction of sp³-hybridized carbons (Fsp3) is 0.235. The van der Waals surface area contributed by atoms with Crippen LogP contribution in [0.4, 0.5) is 0 Å². The Kier molecular flexibility index (Phi) is 5.00. The van der Waals surface area contributed by atoms with E-state index in [1.807, 2.05) is 41.8 Å². The maximum absolute atomic E-state index is 10.9. The van der Waals surface area contributed by atoms with E-state index in [-0.39, 0.29) is 5.91 Å². The summed E-state index contributed by atoms with van der Waals surface area (Å²) in [6.07, 6.45) is 1.95. The van der Waals surface area contributed by atoms with Gasteiger partial charge >= 0.3 is 0 Å². The third-order valence-corrected chi connectivity index (χ3v) is 4.44. The second kappa shape index (κ2) is 7.35. The number of carbonyl (C=O) groups is 1. The van der Waals surface area contributed by atoms with Gasteiger partial charge in [-0.25, -0.2) is 0 Å². The molecule has 0 aliphatic heterocycles. The topological polar surface area (TPSA) is 86.9 Å². The van der Waals surface area contributed by atoms with Crippen molar-refractivity contribution in [2.24, 2.45) is 5.73 Å². The lowest BCUT2D eigenvalue weighted by Crippen LogP contribution is -2.11. The number of amides is 1. The summed E-state index contributed by atoms with van der Waals surface area (Å²) in [5.74, 6) is 1.84. The summed E-state index contributed by atoms with van der Waals surface area (Å²) in [4.78, 5) is 10.9. The Morgan fingerprint density at radius 3 is 2.88 bits per heavy atom. The Bertz CT molecular complexity index is 827. The van der Waals surface area contributed by atoms with Gasteiger partial charge in [-0.15, -0.1) is 10.2 Å². The van der Waals surface area contributed by atoms with Crippen molar-refractivity contribution in [1.82, 2.24) is 14.8 Å². The van der Waals surface area contributed by atoms with E-state index in [9.17, 15) is 4.79 Å². The fourth-order valence-corrected chi connectivity index (χ4v) is 3.23. The van der Waals surface area contributed by atoms with Crippen molar-refractivity contribution in [3.8, 4) is 11.4 Å². The minimum Gasteiger partial charge on any atom is -0.467 e. The number of hydrogen-bond acceptors (Lipinski definition) is 5. The summed E-state index contributed by atoms with van der Waals surface area (Å²) >= 11 is 1.46. The lowest BCUT2D eigenvalue weighted by atomic mass is 10.1. The van der Waals surface area contributed by atoms with E-state index in [2.05, 4.69) is 16.3 Å². The van der Waals surface area contributed by atoms with E-state index in [4.69, 9.17) is 10.2 Å². The van der Waals surface area contributed by atoms with E-state index in [0.717, 1.165) is 27.9 Å². The van der Waals surface area contributed by atoms with Crippen molar-refractivity contribution in [3.05, 3.63) is 54.0 Å². The molecule has 124 valence electrons. The molecular weight excluding hydrogens is 324 g/mol. The van der Waals surface area contributed by atoms with Gasteiger partial charge in [0.05, 0.1) is 12.8 Å². The molecule has 0 saturated carbocycles. The van der Waals surface area contributed by atoms with Gasteiger partial charge < -0.3 is 10.2 Å². The second-order valence-electron chi connectivity index (χ2n) is 5.41. The molecule has 0 aliphatic carbocycles. The van der Waals surface area contributed by atoms with Crippen LogP contribution >= 0.6 is 11.8 Å². The Morgan fingerprint density at radius 1 is 1.29 bits per heavy atom. The maximum Gasteiger partial charge on any atom is 0.218 e. The van der Waals surface area contributed by atoms with Crippen molar-refractivity contribution >= 4 is 17.7 Å². The van der Waals surface area contributed by atoms with Crippen LogP contribution in [0.1, 0.15) is 17.7 Å². The Balaban J connectivity index is 1.92. The zero-order valence-electron chi connectivity index (χ0n) is 13.3. The summed E-state index contributed by atoms with van der Waals surface area (Å²) in [5, 5.41) is 9.36. The lowest BCUT2D eigenvalue weighted by Gasteiger charge is -2.09. The lowest BCUT2D eigenvalue weighted by molar-refractivity contribution is -0.117. The molecular formula is C17H18N4O2S. The molecule has 0 aliphatic rings. The summed E-state index contributed by atoms with van der Waals surface area (Å²) in [6, 6.07) is 11.9. The first-order valence-corrected chi connectivity index (χ1v) is 8.56. The molecule has 3 rings (SSSR count). The van der Waals surface area contributed by atoms with Gasteiger partial charge in [-0.3, -0.25) is 9.36 Å². The molecule has 24 heavy (non-hydrogen) atoms. The van der Waals surface area contributed by atoms with Crippen LogP contribution in [0.3, 0.4) is 0 Å². The number of hydrogen-bond donors (Lipinski definition) is 1. The van der Waals surface area contributed by atoms with E-state index >= 15 is 0 Å². The zero-order valence-corrected chi connectivity index (χ0v) is 14.1. The third-order valence-electron chi connectivity index (χ3n) is 3.47. The van der Waals surface area contributed by atoms with Gasteiger partial charge in [-0.1, -0.05) is 35.5 Å². The molecule has 2 N–H and O–H groups in total. The molecule has 1 amide bonds. The number of rotatable bonds is 7. The Labute approximate surface area is 144 Å². The number of primary amides is 1. The number of furan rings is 1. The molecule has 0 radical (unpaired) electrons. The van der Waals surface area contributed by atoms with Crippen molar-refractivity contribution in [1.29, 1.82) is 0 Å². The zero-order chi connectivity index (χ0) is 16.9. The van der Waals surface area contributed by atoms with Crippen LogP contribution in [0.15, 0.2) is 52.2 Å². The molecule has 0 bridgehead atoms. The van der Waals surface area contributed by atoms with Crippen LogP contribution in [-0.2, 0) is 11.3 Å². The quantitative estimate of drug-likeness (QED) is 0.667. The van der Waals surface area contributed by atoms with Crippen LogP contribution in [0.25, 0.3) is 11.4 Å². The molecule has 0 fully saturated rings. The molecule has 1 aromatic carbocycles. The SMILES string of the molecule is Cc1cccc(-c2nnc(SCCC(N)=O)n2Cc2ccco2)c1. The summed E-state index contributed by atoms with van der Waals surface area (Å²) in [7, 11) is 0. The third kappa shape index (κ3) is 3.86. The standard InChI is InChI=1S/C17H18N4O2S/c1-12-4-2-5-13(10-12)16-19-20-17(24-9-7-15(18)22)21(16)11-14-6-3-8-23-14/h2-6,8,10H,7,9,11H2,1H3,(H2,18,22). The number of thioether (sulfide) groups is 1. The van der Waals surface area contributed by atoms with Crippen LogP contribution < -0.4 is 5.73 Å². The van der Waals surface area contributed by atoms with Crippen molar-refractivity contribution in [3.63, 3.8) is 0 Å². The molecule has 0 saturated heterocycles. The number of benzene rings is 1. The van der Waals surface area contributed by atoms with Crippen molar-refractivity contribution in [2.45, 2.75) is 25.0 Å². The van der Waals surface area contributed by atoms with Gasteiger partial charge in [0.1, 0.15) is 5.76 Å². The highest BCUT2D eigenvalue weighted by molar-refractivity contribution is 7.99. The van der Waals surface area contributed by atoms with Gasteiger partial charge in [0.25, 0.3) is 0 Å². The molecule has 3 aromatic rings. The van der Waals surface area contributed by atoms with E-state index in [1.54, 1.807) is 6.26 Å². The minimum absolute atomic E-state index is 0.304. The largest absolute Gasteiger partial charge is 0.467 e.